The molecule has 0 saturated heterocycles. The van der Waals surface area contributed by atoms with Crippen LogP contribution in [0.1, 0.15) is 15.9 Å². The van der Waals surface area contributed by atoms with E-state index in [0.717, 1.165) is 5.56 Å². The molecule has 126 valence electrons. The SMILES string of the molecule is O=C(Nc1cccc(OCc2ccc(F)cc2)c1)c1ccc(Cl)nc1. The second-order valence-electron chi connectivity index (χ2n) is 5.27. The minimum atomic E-state index is -0.292. The minimum Gasteiger partial charge on any atom is -0.489 e. The van der Waals surface area contributed by atoms with Crippen molar-refractivity contribution in [2.75, 3.05) is 5.32 Å². The molecule has 0 fully saturated rings. The van der Waals surface area contributed by atoms with Crippen molar-refractivity contribution in [3.63, 3.8) is 0 Å². The number of aromatic nitrogens is 1. The molecule has 1 amide bonds. The summed E-state index contributed by atoms with van der Waals surface area (Å²) in [5.41, 5.74) is 1.85. The van der Waals surface area contributed by atoms with E-state index in [-0.39, 0.29) is 11.7 Å². The molecule has 0 bridgehead atoms. The number of halogens is 2. The van der Waals surface area contributed by atoms with Crippen LogP contribution in [0.4, 0.5) is 10.1 Å². The number of carbonyl (C=O) groups excluding carboxylic acids is 1. The topological polar surface area (TPSA) is 51.2 Å². The molecule has 6 heteroatoms. The van der Waals surface area contributed by atoms with E-state index < -0.39 is 0 Å². The van der Waals surface area contributed by atoms with E-state index >= 15 is 0 Å². The lowest BCUT2D eigenvalue weighted by molar-refractivity contribution is 0.102. The highest BCUT2D eigenvalue weighted by Gasteiger charge is 2.07. The normalized spacial score (nSPS) is 10.3. The fourth-order valence-electron chi connectivity index (χ4n) is 2.12. The van der Waals surface area contributed by atoms with Gasteiger partial charge in [-0.25, -0.2) is 9.37 Å². The fourth-order valence-corrected chi connectivity index (χ4v) is 2.24. The molecule has 1 aromatic heterocycles. The van der Waals surface area contributed by atoms with Gasteiger partial charge in [0.1, 0.15) is 23.3 Å². The van der Waals surface area contributed by atoms with Crippen LogP contribution < -0.4 is 10.1 Å². The monoisotopic (exact) mass is 356 g/mol. The van der Waals surface area contributed by atoms with E-state index in [1.54, 1.807) is 48.5 Å². The number of nitrogens with one attached hydrogen (secondary N) is 1. The standard InChI is InChI=1S/C19H14ClFN2O2/c20-18-9-6-14(11-22-18)19(24)23-16-2-1-3-17(10-16)25-12-13-4-7-15(21)8-5-13/h1-11H,12H2,(H,23,24). The minimum absolute atomic E-state index is 0.287. The lowest BCUT2D eigenvalue weighted by atomic mass is 10.2. The van der Waals surface area contributed by atoms with Gasteiger partial charge in [-0.2, -0.15) is 0 Å². The summed E-state index contributed by atoms with van der Waals surface area (Å²) in [4.78, 5) is 16.1. The van der Waals surface area contributed by atoms with Crippen LogP contribution in [0.2, 0.25) is 5.15 Å². The second-order valence-corrected chi connectivity index (χ2v) is 5.65. The highest BCUT2D eigenvalue weighted by Crippen LogP contribution is 2.19. The van der Waals surface area contributed by atoms with Crippen molar-refractivity contribution in [2.24, 2.45) is 0 Å². The number of rotatable bonds is 5. The van der Waals surface area contributed by atoms with E-state index in [0.29, 0.717) is 28.8 Å². The summed E-state index contributed by atoms with van der Waals surface area (Å²) in [6.45, 7) is 0.304. The van der Waals surface area contributed by atoms with Crippen LogP contribution in [0.15, 0.2) is 66.9 Å². The lowest BCUT2D eigenvalue weighted by Gasteiger charge is -2.09. The first-order valence-electron chi connectivity index (χ1n) is 7.50. The maximum Gasteiger partial charge on any atom is 0.257 e. The lowest BCUT2D eigenvalue weighted by Crippen LogP contribution is -2.12. The Morgan fingerprint density at radius 2 is 1.92 bits per heavy atom. The Hall–Kier alpha value is -2.92. The predicted octanol–water partition coefficient (Wildman–Crippen LogP) is 4.71. The average molecular weight is 357 g/mol. The van der Waals surface area contributed by atoms with Gasteiger partial charge in [-0.15, -0.1) is 0 Å². The number of benzene rings is 2. The maximum absolute atomic E-state index is 12.9. The maximum atomic E-state index is 12.9. The number of carbonyl (C=O) groups is 1. The van der Waals surface area contributed by atoms with E-state index in [1.165, 1.54) is 18.3 Å². The van der Waals surface area contributed by atoms with Crippen molar-refractivity contribution in [1.29, 1.82) is 0 Å². The number of pyridine rings is 1. The Labute approximate surface area is 149 Å². The van der Waals surface area contributed by atoms with Gasteiger partial charge in [0.15, 0.2) is 0 Å². The molecule has 3 rings (SSSR count). The molecule has 0 unspecified atom stereocenters. The number of anilines is 1. The molecule has 0 aliphatic rings. The number of ether oxygens (including phenoxy) is 1. The van der Waals surface area contributed by atoms with E-state index in [2.05, 4.69) is 10.3 Å². The van der Waals surface area contributed by atoms with Crippen molar-refractivity contribution in [2.45, 2.75) is 6.61 Å². The van der Waals surface area contributed by atoms with Crippen molar-refractivity contribution in [1.82, 2.24) is 4.98 Å². The molecule has 1 N–H and O–H groups in total. The number of amides is 1. The fraction of sp³-hybridized carbons (Fsp3) is 0.0526. The summed E-state index contributed by atoms with van der Waals surface area (Å²) in [5.74, 6) is 0.0151. The number of hydrogen-bond donors (Lipinski definition) is 1. The summed E-state index contributed by atoms with van der Waals surface area (Å²) in [6.07, 6.45) is 1.41. The van der Waals surface area contributed by atoms with Gasteiger partial charge in [0.25, 0.3) is 5.91 Å². The zero-order valence-corrected chi connectivity index (χ0v) is 13.8. The zero-order chi connectivity index (χ0) is 17.6. The van der Waals surface area contributed by atoms with Crippen LogP contribution in [0.3, 0.4) is 0 Å². The van der Waals surface area contributed by atoms with Crippen molar-refractivity contribution in [3.8, 4) is 5.75 Å². The van der Waals surface area contributed by atoms with Gasteiger partial charge in [-0.3, -0.25) is 4.79 Å². The summed E-state index contributed by atoms with van der Waals surface area (Å²) in [7, 11) is 0. The van der Waals surface area contributed by atoms with Gasteiger partial charge < -0.3 is 10.1 Å². The Morgan fingerprint density at radius 1 is 1.12 bits per heavy atom. The molecule has 0 radical (unpaired) electrons. The Morgan fingerprint density at radius 3 is 2.64 bits per heavy atom. The molecule has 0 spiro atoms. The van der Waals surface area contributed by atoms with Gasteiger partial charge in [0.2, 0.25) is 0 Å². The quantitative estimate of drug-likeness (QED) is 0.674. The van der Waals surface area contributed by atoms with Crippen LogP contribution in [-0.4, -0.2) is 10.9 Å². The first-order chi connectivity index (χ1) is 12.1. The number of hydrogen-bond acceptors (Lipinski definition) is 3. The van der Waals surface area contributed by atoms with Crippen LogP contribution >= 0.6 is 11.6 Å². The smallest absolute Gasteiger partial charge is 0.257 e. The molecule has 0 saturated carbocycles. The molecule has 4 nitrogen and oxygen atoms in total. The summed E-state index contributed by atoms with van der Waals surface area (Å²) in [6, 6.07) is 16.3. The molecule has 3 aromatic rings. The molecule has 0 atom stereocenters. The zero-order valence-electron chi connectivity index (χ0n) is 13.1. The average Bonchev–Trinajstić information content (AvgIpc) is 2.62. The molecule has 25 heavy (non-hydrogen) atoms. The predicted molar refractivity (Wildman–Crippen MR) is 94.4 cm³/mol. The van der Waals surface area contributed by atoms with Crippen LogP contribution in [0, 0.1) is 5.82 Å². The molecule has 0 aliphatic heterocycles. The van der Waals surface area contributed by atoms with Gasteiger partial charge in [0, 0.05) is 18.0 Å². The first kappa shape index (κ1) is 16.9. The molecule has 1 heterocycles. The third-order valence-electron chi connectivity index (χ3n) is 3.40. The van der Waals surface area contributed by atoms with Crippen molar-refractivity contribution >= 4 is 23.2 Å². The van der Waals surface area contributed by atoms with E-state index in [4.69, 9.17) is 16.3 Å². The van der Waals surface area contributed by atoms with Crippen molar-refractivity contribution in [3.05, 3.63) is 89.0 Å². The summed E-state index contributed by atoms with van der Waals surface area (Å²) >= 11 is 5.71. The molecule has 2 aromatic carbocycles. The highest BCUT2D eigenvalue weighted by molar-refractivity contribution is 6.29. The van der Waals surface area contributed by atoms with E-state index in [9.17, 15) is 9.18 Å². The highest BCUT2D eigenvalue weighted by atomic mass is 35.5. The third-order valence-corrected chi connectivity index (χ3v) is 3.62. The molecule has 0 aliphatic carbocycles. The Bertz CT molecular complexity index is 867. The molecular formula is C19H14ClFN2O2. The molecular weight excluding hydrogens is 343 g/mol. The van der Waals surface area contributed by atoms with Crippen LogP contribution in [0.25, 0.3) is 0 Å². The number of nitrogens with zero attached hydrogens (tertiary/aromatic N) is 1. The van der Waals surface area contributed by atoms with Crippen LogP contribution in [0.5, 0.6) is 5.75 Å². The van der Waals surface area contributed by atoms with Crippen LogP contribution in [-0.2, 0) is 6.61 Å². The largest absolute Gasteiger partial charge is 0.489 e. The second kappa shape index (κ2) is 7.77. The van der Waals surface area contributed by atoms with E-state index in [1.807, 2.05) is 0 Å². The Kier molecular flexibility index (Phi) is 5.26. The van der Waals surface area contributed by atoms with Gasteiger partial charge >= 0.3 is 0 Å². The van der Waals surface area contributed by atoms with Gasteiger partial charge in [-0.1, -0.05) is 29.8 Å². The van der Waals surface area contributed by atoms with Gasteiger partial charge in [0.05, 0.1) is 5.56 Å². The third kappa shape index (κ3) is 4.78. The summed E-state index contributed by atoms with van der Waals surface area (Å²) < 4.78 is 18.6. The Balaban J connectivity index is 1.63. The van der Waals surface area contributed by atoms with Gasteiger partial charge in [-0.05, 0) is 42.0 Å². The van der Waals surface area contributed by atoms with Crippen molar-refractivity contribution < 1.29 is 13.9 Å². The summed E-state index contributed by atoms with van der Waals surface area (Å²) in [5, 5.41) is 3.10. The first-order valence-corrected chi connectivity index (χ1v) is 7.88.